The van der Waals surface area contributed by atoms with Gasteiger partial charge in [0, 0.05) is 17.9 Å². The number of nitrogens with zero attached hydrogens (tertiary/aromatic N) is 2. The first-order chi connectivity index (χ1) is 12.7. The smallest absolute Gasteiger partial charge is 0.190 e. The zero-order valence-corrected chi connectivity index (χ0v) is 15.1. The molecule has 3 heteroatoms. The van der Waals surface area contributed by atoms with Gasteiger partial charge in [0.2, 0.25) is 0 Å². The molecule has 5 rings (SSSR count). The molecular weight excluding hydrogens is 320 g/mol. The normalized spacial score (nSPS) is 21.3. The highest BCUT2D eigenvalue weighted by Gasteiger charge is 2.41. The summed E-state index contributed by atoms with van der Waals surface area (Å²) in [7, 11) is 0. The molecule has 0 N–H and O–H groups in total. The zero-order chi connectivity index (χ0) is 17.7. The van der Waals surface area contributed by atoms with Crippen molar-refractivity contribution < 1.29 is 4.74 Å². The number of hydrogen-bond donors (Lipinski definition) is 0. The van der Waals surface area contributed by atoms with E-state index in [1.807, 2.05) is 6.07 Å². The van der Waals surface area contributed by atoms with Gasteiger partial charge in [0.1, 0.15) is 5.75 Å². The summed E-state index contributed by atoms with van der Waals surface area (Å²) in [6.45, 7) is 4.39. The highest BCUT2D eigenvalue weighted by atomic mass is 16.5. The topological polar surface area (TPSA) is 24.8 Å². The Morgan fingerprint density at radius 2 is 1.73 bits per heavy atom. The predicted molar refractivity (Wildman–Crippen MR) is 105 cm³/mol. The molecule has 2 aliphatic heterocycles. The van der Waals surface area contributed by atoms with Crippen LogP contribution in [0.4, 0.5) is 0 Å². The molecule has 2 atom stereocenters. The molecule has 2 unspecified atom stereocenters. The summed E-state index contributed by atoms with van der Waals surface area (Å²) in [4.78, 5) is 0. The lowest BCUT2D eigenvalue weighted by Gasteiger charge is -2.39. The summed E-state index contributed by atoms with van der Waals surface area (Å²) >= 11 is 0. The van der Waals surface area contributed by atoms with Gasteiger partial charge in [0.25, 0.3) is 0 Å². The second kappa shape index (κ2) is 5.87. The molecule has 0 aromatic heterocycles. The van der Waals surface area contributed by atoms with Crippen molar-refractivity contribution in [2.24, 2.45) is 11.0 Å². The average molecular weight is 342 g/mol. The Balaban J connectivity index is 1.57. The molecule has 0 spiro atoms. The number of para-hydroxylation sites is 1. The molecule has 3 nitrogen and oxygen atoms in total. The lowest BCUT2D eigenvalue weighted by Crippen LogP contribution is -2.43. The Hall–Kier alpha value is -2.81. The molecule has 0 aliphatic carbocycles. The highest BCUT2D eigenvalue weighted by molar-refractivity contribution is 6.04. The lowest BCUT2D eigenvalue weighted by atomic mass is 9.95. The molecule has 3 aromatic carbocycles. The summed E-state index contributed by atoms with van der Waals surface area (Å²) in [5, 5.41) is 9.72. The van der Waals surface area contributed by atoms with Crippen molar-refractivity contribution in [2.45, 2.75) is 32.5 Å². The molecule has 2 aliphatic rings. The summed E-state index contributed by atoms with van der Waals surface area (Å²) in [6.07, 6.45) is 0.898. The molecule has 3 aromatic rings. The van der Waals surface area contributed by atoms with Gasteiger partial charge in [0.05, 0.1) is 11.8 Å². The van der Waals surface area contributed by atoms with Crippen molar-refractivity contribution in [1.29, 1.82) is 0 Å². The van der Waals surface area contributed by atoms with Crippen LogP contribution in [0, 0.1) is 5.92 Å². The van der Waals surface area contributed by atoms with Crippen LogP contribution >= 0.6 is 0 Å². The van der Waals surface area contributed by atoms with Crippen molar-refractivity contribution >= 4 is 16.5 Å². The maximum Gasteiger partial charge on any atom is 0.190 e. The summed E-state index contributed by atoms with van der Waals surface area (Å²) in [5.41, 5.74) is 3.59. The van der Waals surface area contributed by atoms with E-state index in [-0.39, 0.29) is 12.3 Å². The summed E-state index contributed by atoms with van der Waals surface area (Å²) < 4.78 is 6.28. The van der Waals surface area contributed by atoms with E-state index in [0.29, 0.717) is 5.92 Å². The molecule has 2 heterocycles. The Morgan fingerprint density at radius 3 is 2.58 bits per heavy atom. The number of hydrogen-bond acceptors (Lipinski definition) is 3. The van der Waals surface area contributed by atoms with Crippen LogP contribution in [0.25, 0.3) is 10.8 Å². The van der Waals surface area contributed by atoms with Crippen LogP contribution in [0.15, 0.2) is 71.8 Å². The third-order valence-electron chi connectivity index (χ3n) is 5.38. The van der Waals surface area contributed by atoms with E-state index in [4.69, 9.17) is 9.84 Å². The van der Waals surface area contributed by atoms with Crippen LogP contribution in [0.3, 0.4) is 0 Å². The molecule has 0 radical (unpaired) electrons. The van der Waals surface area contributed by atoms with Gasteiger partial charge >= 0.3 is 0 Å². The van der Waals surface area contributed by atoms with Crippen LogP contribution < -0.4 is 4.74 Å². The second-order valence-corrected chi connectivity index (χ2v) is 7.50. The number of rotatable bonds is 2. The van der Waals surface area contributed by atoms with Crippen LogP contribution in [0.5, 0.6) is 5.75 Å². The fourth-order valence-corrected chi connectivity index (χ4v) is 4.05. The molecule has 0 bridgehead atoms. The maximum atomic E-state index is 6.28. The van der Waals surface area contributed by atoms with Crippen molar-refractivity contribution in [3.63, 3.8) is 0 Å². The number of hydrazone groups is 1. The van der Waals surface area contributed by atoms with Gasteiger partial charge in [-0.1, -0.05) is 68.4 Å². The minimum atomic E-state index is -0.0205. The third-order valence-corrected chi connectivity index (χ3v) is 5.38. The van der Waals surface area contributed by atoms with Crippen molar-refractivity contribution in [2.75, 3.05) is 0 Å². The van der Waals surface area contributed by atoms with Crippen LogP contribution in [0.2, 0.25) is 0 Å². The van der Waals surface area contributed by atoms with Crippen LogP contribution in [-0.4, -0.2) is 16.9 Å². The first-order valence-electron chi connectivity index (χ1n) is 9.31. The molecule has 0 fully saturated rings. The van der Waals surface area contributed by atoms with E-state index >= 15 is 0 Å². The average Bonchev–Trinajstić information content (AvgIpc) is 3.12. The van der Waals surface area contributed by atoms with Gasteiger partial charge in [-0.3, -0.25) is 0 Å². The Kier molecular flexibility index (Phi) is 3.49. The van der Waals surface area contributed by atoms with Gasteiger partial charge in [-0.05, 0) is 28.5 Å². The summed E-state index contributed by atoms with van der Waals surface area (Å²) in [6, 6.07) is 23.8. The number of benzene rings is 3. The Morgan fingerprint density at radius 1 is 0.962 bits per heavy atom. The quantitative estimate of drug-likeness (QED) is 0.626. The monoisotopic (exact) mass is 342 g/mol. The molecule has 26 heavy (non-hydrogen) atoms. The minimum absolute atomic E-state index is 0.0205. The Bertz CT molecular complexity index is 1010. The summed E-state index contributed by atoms with van der Waals surface area (Å²) in [5.74, 6) is 1.37. The van der Waals surface area contributed by atoms with E-state index < -0.39 is 0 Å². The number of ether oxygens (including phenoxy) is 1. The van der Waals surface area contributed by atoms with Gasteiger partial charge in [0.15, 0.2) is 6.23 Å². The minimum Gasteiger partial charge on any atom is -0.468 e. The molecule has 0 saturated heterocycles. The van der Waals surface area contributed by atoms with Gasteiger partial charge < -0.3 is 4.74 Å². The van der Waals surface area contributed by atoms with Crippen molar-refractivity contribution in [3.05, 3.63) is 77.9 Å². The van der Waals surface area contributed by atoms with Crippen molar-refractivity contribution in [3.8, 4) is 5.75 Å². The van der Waals surface area contributed by atoms with Crippen molar-refractivity contribution in [1.82, 2.24) is 5.01 Å². The zero-order valence-electron chi connectivity index (χ0n) is 15.1. The van der Waals surface area contributed by atoms with E-state index in [2.05, 4.69) is 79.5 Å². The fourth-order valence-electron chi connectivity index (χ4n) is 4.05. The first kappa shape index (κ1) is 15.4. The second-order valence-electron chi connectivity index (χ2n) is 7.50. The highest BCUT2D eigenvalue weighted by Crippen LogP contribution is 2.44. The van der Waals surface area contributed by atoms with Gasteiger partial charge in [-0.2, -0.15) is 5.10 Å². The molecular formula is C23H22N2O. The third kappa shape index (κ3) is 2.38. The number of fused-ring (bicyclic) bond motifs is 4. The van der Waals surface area contributed by atoms with E-state index in [1.165, 1.54) is 21.9 Å². The van der Waals surface area contributed by atoms with Crippen LogP contribution in [0.1, 0.15) is 37.4 Å². The molecule has 0 amide bonds. The van der Waals surface area contributed by atoms with E-state index in [0.717, 1.165) is 17.9 Å². The standard InChI is InChI=1S/C23H22N2O/c1-15(2)23-25-21(19-9-5-6-10-22(19)26-23)14-20(24-25)18-12-11-16-7-3-4-8-17(16)13-18/h3-13,15,21,23H,14H2,1-2H3. The predicted octanol–water partition coefficient (Wildman–Crippen LogP) is 5.37. The maximum absolute atomic E-state index is 6.28. The van der Waals surface area contributed by atoms with Gasteiger partial charge in [-0.15, -0.1) is 0 Å². The molecule has 130 valence electrons. The Labute approximate surface area is 153 Å². The van der Waals surface area contributed by atoms with Crippen LogP contribution in [-0.2, 0) is 0 Å². The van der Waals surface area contributed by atoms with Gasteiger partial charge in [-0.25, -0.2) is 5.01 Å². The SMILES string of the molecule is CC(C)C1Oc2ccccc2C2CC(c3ccc4ccccc4c3)=NN21. The molecule has 0 saturated carbocycles. The van der Waals surface area contributed by atoms with E-state index in [1.54, 1.807) is 0 Å². The fraction of sp³-hybridized carbons (Fsp3) is 0.261. The largest absolute Gasteiger partial charge is 0.468 e. The van der Waals surface area contributed by atoms with E-state index in [9.17, 15) is 0 Å². The lowest BCUT2D eigenvalue weighted by molar-refractivity contribution is -0.0461. The first-order valence-corrected chi connectivity index (χ1v) is 9.31.